The number of aryl methyl sites for hydroxylation is 2. The van der Waals surface area contributed by atoms with Gasteiger partial charge in [0, 0.05) is 17.9 Å². The first-order valence-electron chi connectivity index (χ1n) is 5.96. The van der Waals surface area contributed by atoms with Crippen LogP contribution in [0.15, 0.2) is 30.5 Å². The Kier molecular flexibility index (Phi) is 3.18. The molecule has 0 saturated carbocycles. The van der Waals surface area contributed by atoms with Gasteiger partial charge >= 0.3 is 0 Å². The molecule has 0 amide bonds. The zero-order valence-electron chi connectivity index (χ0n) is 10.9. The fraction of sp³-hybridized carbons (Fsp3) is 0.357. The van der Waals surface area contributed by atoms with E-state index in [1.165, 1.54) is 5.56 Å². The molecular formula is C14H19N3. The molecule has 0 spiro atoms. The predicted molar refractivity (Wildman–Crippen MR) is 71.8 cm³/mol. The summed E-state index contributed by atoms with van der Waals surface area (Å²) in [5, 5.41) is 3.36. The van der Waals surface area contributed by atoms with E-state index in [4.69, 9.17) is 0 Å². The molecule has 0 saturated heterocycles. The van der Waals surface area contributed by atoms with E-state index in [1.807, 2.05) is 6.92 Å². The van der Waals surface area contributed by atoms with Gasteiger partial charge in [0.25, 0.3) is 0 Å². The normalized spacial score (nSPS) is 10.9. The summed E-state index contributed by atoms with van der Waals surface area (Å²) in [6.07, 6.45) is 2.05. The minimum absolute atomic E-state index is 0.376. The summed E-state index contributed by atoms with van der Waals surface area (Å²) >= 11 is 0. The summed E-state index contributed by atoms with van der Waals surface area (Å²) in [4.78, 5) is 4.50. The van der Waals surface area contributed by atoms with Gasteiger partial charge in [-0.05, 0) is 39.8 Å². The van der Waals surface area contributed by atoms with Crippen LogP contribution in [0.1, 0.15) is 25.1 Å². The fourth-order valence-electron chi connectivity index (χ4n) is 1.76. The molecule has 1 heterocycles. The second kappa shape index (κ2) is 4.62. The Morgan fingerprint density at radius 3 is 2.35 bits per heavy atom. The molecule has 0 unspecified atom stereocenters. The van der Waals surface area contributed by atoms with Crippen molar-refractivity contribution in [2.45, 2.75) is 33.7 Å². The third-order valence-corrected chi connectivity index (χ3v) is 2.56. The van der Waals surface area contributed by atoms with Gasteiger partial charge in [0.05, 0.1) is 5.69 Å². The van der Waals surface area contributed by atoms with Gasteiger partial charge in [0.15, 0.2) is 0 Å². The van der Waals surface area contributed by atoms with Gasteiger partial charge in [-0.25, -0.2) is 4.98 Å². The monoisotopic (exact) mass is 229 g/mol. The Labute approximate surface area is 103 Å². The molecule has 2 rings (SSSR count). The van der Waals surface area contributed by atoms with E-state index in [-0.39, 0.29) is 0 Å². The third kappa shape index (κ3) is 2.67. The topological polar surface area (TPSA) is 29.9 Å². The summed E-state index contributed by atoms with van der Waals surface area (Å²) in [5.41, 5.74) is 3.43. The zero-order valence-corrected chi connectivity index (χ0v) is 10.9. The quantitative estimate of drug-likeness (QED) is 0.875. The van der Waals surface area contributed by atoms with Crippen LogP contribution in [0.2, 0.25) is 0 Å². The van der Waals surface area contributed by atoms with E-state index in [0.29, 0.717) is 6.04 Å². The molecule has 2 aromatic rings. The summed E-state index contributed by atoms with van der Waals surface area (Å²) < 4.78 is 2.09. The predicted octanol–water partition coefficient (Wildman–Crippen LogP) is 3.31. The van der Waals surface area contributed by atoms with Crippen LogP contribution in [-0.4, -0.2) is 15.6 Å². The van der Waals surface area contributed by atoms with Crippen LogP contribution < -0.4 is 5.32 Å². The van der Waals surface area contributed by atoms with Gasteiger partial charge in [-0.15, -0.1) is 0 Å². The molecule has 0 radical (unpaired) electrons. The van der Waals surface area contributed by atoms with Crippen molar-refractivity contribution in [3.8, 4) is 5.69 Å². The lowest BCUT2D eigenvalue weighted by molar-refractivity contribution is 0.864. The number of imidazole rings is 1. The Morgan fingerprint density at radius 1 is 1.12 bits per heavy atom. The van der Waals surface area contributed by atoms with Crippen molar-refractivity contribution in [1.29, 1.82) is 0 Å². The number of benzene rings is 1. The van der Waals surface area contributed by atoms with Crippen molar-refractivity contribution in [1.82, 2.24) is 9.55 Å². The Hall–Kier alpha value is -1.77. The number of hydrogen-bond acceptors (Lipinski definition) is 2. The largest absolute Gasteiger partial charge is 0.353 e. The highest BCUT2D eigenvalue weighted by molar-refractivity contribution is 5.44. The standard InChI is InChI=1S/C14H19N3/c1-10(2)15-14-16-12(4)9-17(14)13-7-5-11(3)6-8-13/h5-10H,1-4H3,(H,15,16). The van der Waals surface area contributed by atoms with E-state index in [0.717, 1.165) is 17.3 Å². The number of nitrogens with zero attached hydrogens (tertiary/aromatic N) is 2. The van der Waals surface area contributed by atoms with Crippen molar-refractivity contribution in [2.75, 3.05) is 5.32 Å². The van der Waals surface area contributed by atoms with Crippen molar-refractivity contribution >= 4 is 5.95 Å². The molecule has 1 aromatic carbocycles. The first kappa shape index (κ1) is 11.7. The Balaban J connectivity index is 2.40. The van der Waals surface area contributed by atoms with E-state index >= 15 is 0 Å². The number of hydrogen-bond donors (Lipinski definition) is 1. The van der Waals surface area contributed by atoms with Gasteiger partial charge in [-0.2, -0.15) is 0 Å². The summed E-state index contributed by atoms with van der Waals surface area (Å²) in [7, 11) is 0. The third-order valence-electron chi connectivity index (χ3n) is 2.56. The highest BCUT2D eigenvalue weighted by Gasteiger charge is 2.07. The molecule has 0 bridgehead atoms. The van der Waals surface area contributed by atoms with Crippen LogP contribution >= 0.6 is 0 Å². The van der Waals surface area contributed by atoms with Crippen LogP contribution in [0.25, 0.3) is 5.69 Å². The SMILES string of the molecule is Cc1ccc(-n2cc(C)nc2NC(C)C)cc1. The van der Waals surface area contributed by atoms with Crippen LogP contribution in [-0.2, 0) is 0 Å². The summed E-state index contributed by atoms with van der Waals surface area (Å²) in [5.74, 6) is 0.904. The Morgan fingerprint density at radius 2 is 1.76 bits per heavy atom. The highest BCUT2D eigenvalue weighted by atomic mass is 15.2. The smallest absolute Gasteiger partial charge is 0.207 e. The van der Waals surface area contributed by atoms with Crippen LogP contribution in [0.3, 0.4) is 0 Å². The molecule has 17 heavy (non-hydrogen) atoms. The molecule has 0 atom stereocenters. The van der Waals surface area contributed by atoms with Gasteiger partial charge in [0.2, 0.25) is 5.95 Å². The second-order valence-electron chi connectivity index (χ2n) is 4.71. The van der Waals surface area contributed by atoms with Gasteiger partial charge in [-0.1, -0.05) is 17.7 Å². The minimum Gasteiger partial charge on any atom is -0.353 e. The molecular weight excluding hydrogens is 210 g/mol. The molecule has 3 heteroatoms. The second-order valence-corrected chi connectivity index (χ2v) is 4.71. The molecule has 1 aromatic heterocycles. The van der Waals surface area contributed by atoms with Crippen molar-refractivity contribution in [3.63, 3.8) is 0 Å². The minimum atomic E-state index is 0.376. The van der Waals surface area contributed by atoms with E-state index in [9.17, 15) is 0 Å². The zero-order chi connectivity index (χ0) is 12.4. The fourth-order valence-corrected chi connectivity index (χ4v) is 1.76. The lowest BCUT2D eigenvalue weighted by Gasteiger charge is -2.12. The van der Waals surface area contributed by atoms with Crippen LogP contribution in [0.4, 0.5) is 5.95 Å². The number of aromatic nitrogens is 2. The van der Waals surface area contributed by atoms with E-state index < -0.39 is 0 Å². The van der Waals surface area contributed by atoms with E-state index in [1.54, 1.807) is 0 Å². The number of rotatable bonds is 3. The Bertz CT molecular complexity index is 495. The average Bonchev–Trinajstić information content (AvgIpc) is 2.59. The molecule has 0 aliphatic carbocycles. The van der Waals surface area contributed by atoms with Crippen LogP contribution in [0.5, 0.6) is 0 Å². The lowest BCUT2D eigenvalue weighted by Crippen LogP contribution is -2.13. The number of nitrogens with one attached hydrogen (secondary N) is 1. The van der Waals surface area contributed by atoms with E-state index in [2.05, 4.69) is 66.1 Å². The maximum atomic E-state index is 4.50. The summed E-state index contributed by atoms with van der Waals surface area (Å²) in [6, 6.07) is 8.83. The summed E-state index contributed by atoms with van der Waals surface area (Å²) in [6.45, 7) is 8.33. The van der Waals surface area contributed by atoms with Crippen molar-refractivity contribution < 1.29 is 0 Å². The first-order valence-corrected chi connectivity index (χ1v) is 5.96. The molecule has 0 aliphatic rings. The molecule has 0 fully saturated rings. The molecule has 3 nitrogen and oxygen atoms in total. The lowest BCUT2D eigenvalue weighted by atomic mass is 10.2. The molecule has 1 N–H and O–H groups in total. The van der Waals surface area contributed by atoms with Gasteiger partial charge in [0.1, 0.15) is 0 Å². The van der Waals surface area contributed by atoms with Crippen LogP contribution in [0, 0.1) is 13.8 Å². The van der Waals surface area contributed by atoms with Crippen molar-refractivity contribution in [2.24, 2.45) is 0 Å². The molecule has 90 valence electrons. The van der Waals surface area contributed by atoms with Gasteiger partial charge in [-0.3, -0.25) is 4.57 Å². The first-order chi connectivity index (χ1) is 8.06. The highest BCUT2D eigenvalue weighted by Crippen LogP contribution is 2.17. The molecule has 0 aliphatic heterocycles. The van der Waals surface area contributed by atoms with Gasteiger partial charge < -0.3 is 5.32 Å². The number of anilines is 1. The maximum absolute atomic E-state index is 4.50. The van der Waals surface area contributed by atoms with Crippen molar-refractivity contribution in [3.05, 3.63) is 41.7 Å². The maximum Gasteiger partial charge on any atom is 0.207 e. The average molecular weight is 229 g/mol.